The van der Waals surface area contributed by atoms with E-state index < -0.39 is 17.0 Å². The first kappa shape index (κ1) is 19.2. The Morgan fingerprint density at radius 1 is 1.04 bits per heavy atom. The zero-order valence-corrected chi connectivity index (χ0v) is 14.5. The van der Waals surface area contributed by atoms with Crippen molar-refractivity contribution >= 4 is 11.9 Å². The molecule has 1 aromatic rings. The van der Waals surface area contributed by atoms with Gasteiger partial charge in [-0.05, 0) is 40.2 Å². The van der Waals surface area contributed by atoms with E-state index in [1.165, 1.54) is 0 Å². The van der Waals surface area contributed by atoms with E-state index in [9.17, 15) is 9.59 Å². The summed E-state index contributed by atoms with van der Waals surface area (Å²) in [6.07, 6.45) is 0. The van der Waals surface area contributed by atoms with Crippen molar-refractivity contribution in [2.24, 2.45) is 0 Å². The standard InChI is InChI=1S/C18H26O5/c1-6-22-16(20)18(5,14-10-8-7-9-11-14)13-21-12-15(19)23-17(2,3)4/h7-11H,6,12-13H2,1-5H3. The zero-order chi connectivity index (χ0) is 17.5. The monoisotopic (exact) mass is 322 g/mol. The minimum atomic E-state index is -0.973. The fourth-order valence-electron chi connectivity index (χ4n) is 2.07. The highest BCUT2D eigenvalue weighted by Gasteiger charge is 2.37. The van der Waals surface area contributed by atoms with Crippen molar-refractivity contribution in [1.82, 2.24) is 0 Å². The third kappa shape index (κ3) is 6.02. The molecule has 0 radical (unpaired) electrons. The summed E-state index contributed by atoms with van der Waals surface area (Å²) in [7, 11) is 0. The van der Waals surface area contributed by atoms with E-state index in [4.69, 9.17) is 14.2 Å². The number of carbonyl (C=O) groups is 2. The summed E-state index contributed by atoms with van der Waals surface area (Å²) in [5.74, 6) is -0.841. The Balaban J connectivity index is 2.76. The molecule has 1 rings (SSSR count). The van der Waals surface area contributed by atoms with E-state index in [1.54, 1.807) is 34.6 Å². The van der Waals surface area contributed by atoms with Crippen LogP contribution in [0.4, 0.5) is 0 Å². The van der Waals surface area contributed by atoms with Gasteiger partial charge in [-0.15, -0.1) is 0 Å². The first-order valence-electron chi connectivity index (χ1n) is 7.71. The first-order valence-corrected chi connectivity index (χ1v) is 7.71. The Kier molecular flexibility index (Phi) is 6.76. The van der Waals surface area contributed by atoms with Gasteiger partial charge in [-0.25, -0.2) is 4.79 Å². The summed E-state index contributed by atoms with van der Waals surface area (Å²) < 4.78 is 15.8. The van der Waals surface area contributed by atoms with Crippen LogP contribution in [0.1, 0.15) is 40.2 Å². The molecule has 0 aliphatic rings. The average molecular weight is 322 g/mol. The molecule has 5 nitrogen and oxygen atoms in total. The lowest BCUT2D eigenvalue weighted by atomic mass is 9.83. The van der Waals surface area contributed by atoms with Crippen molar-refractivity contribution in [3.05, 3.63) is 35.9 Å². The summed E-state index contributed by atoms with van der Waals surface area (Å²) in [6.45, 7) is 8.98. The minimum Gasteiger partial charge on any atom is -0.465 e. The molecule has 0 saturated heterocycles. The molecule has 0 spiro atoms. The maximum absolute atomic E-state index is 12.4. The molecule has 0 amide bonds. The third-order valence-electron chi connectivity index (χ3n) is 3.17. The smallest absolute Gasteiger partial charge is 0.332 e. The summed E-state index contributed by atoms with van der Waals surface area (Å²) in [5, 5.41) is 0. The van der Waals surface area contributed by atoms with Crippen molar-refractivity contribution in [3.8, 4) is 0 Å². The van der Waals surface area contributed by atoms with Gasteiger partial charge in [0.1, 0.15) is 17.6 Å². The van der Waals surface area contributed by atoms with E-state index in [1.807, 2.05) is 30.3 Å². The number of ether oxygens (including phenoxy) is 3. The lowest BCUT2D eigenvalue weighted by molar-refractivity contribution is -0.164. The van der Waals surface area contributed by atoms with Crippen molar-refractivity contribution in [2.45, 2.75) is 45.6 Å². The second kappa shape index (κ2) is 8.11. The second-order valence-corrected chi connectivity index (χ2v) is 6.50. The summed E-state index contributed by atoms with van der Waals surface area (Å²) in [6, 6.07) is 9.25. The second-order valence-electron chi connectivity index (χ2n) is 6.50. The first-order chi connectivity index (χ1) is 10.7. The van der Waals surface area contributed by atoms with Crippen molar-refractivity contribution in [1.29, 1.82) is 0 Å². The lowest BCUT2D eigenvalue weighted by Gasteiger charge is -2.27. The fraction of sp³-hybridized carbons (Fsp3) is 0.556. The van der Waals surface area contributed by atoms with E-state index >= 15 is 0 Å². The van der Waals surface area contributed by atoms with Crippen molar-refractivity contribution in [2.75, 3.05) is 19.8 Å². The number of hydrogen-bond acceptors (Lipinski definition) is 5. The quantitative estimate of drug-likeness (QED) is 0.722. The molecule has 128 valence electrons. The topological polar surface area (TPSA) is 61.8 Å². The highest BCUT2D eigenvalue weighted by Crippen LogP contribution is 2.26. The van der Waals surface area contributed by atoms with Crippen LogP contribution in [0.25, 0.3) is 0 Å². The Morgan fingerprint density at radius 3 is 2.17 bits per heavy atom. The average Bonchev–Trinajstić information content (AvgIpc) is 2.46. The molecule has 5 heteroatoms. The van der Waals surface area contributed by atoms with Gasteiger partial charge in [0, 0.05) is 0 Å². The molecule has 0 aliphatic heterocycles. The van der Waals surface area contributed by atoms with Gasteiger partial charge in [-0.2, -0.15) is 0 Å². The summed E-state index contributed by atoms with van der Waals surface area (Å²) >= 11 is 0. The van der Waals surface area contributed by atoms with E-state index in [2.05, 4.69) is 0 Å². The maximum Gasteiger partial charge on any atom is 0.332 e. The van der Waals surface area contributed by atoms with Gasteiger partial charge in [0.25, 0.3) is 0 Å². The number of hydrogen-bond donors (Lipinski definition) is 0. The van der Waals surface area contributed by atoms with E-state index in [0.29, 0.717) is 0 Å². The van der Waals surface area contributed by atoms with Crippen LogP contribution in [-0.4, -0.2) is 37.4 Å². The van der Waals surface area contributed by atoms with Crippen molar-refractivity contribution in [3.63, 3.8) is 0 Å². The van der Waals surface area contributed by atoms with Crippen LogP contribution in [0.5, 0.6) is 0 Å². The number of carbonyl (C=O) groups excluding carboxylic acids is 2. The van der Waals surface area contributed by atoms with Crippen LogP contribution in [0.15, 0.2) is 30.3 Å². The molecule has 0 N–H and O–H groups in total. The molecule has 0 bridgehead atoms. The van der Waals surface area contributed by atoms with Crippen molar-refractivity contribution < 1.29 is 23.8 Å². The zero-order valence-electron chi connectivity index (χ0n) is 14.5. The molecule has 0 fully saturated rings. The van der Waals surface area contributed by atoms with Gasteiger partial charge < -0.3 is 14.2 Å². The third-order valence-corrected chi connectivity index (χ3v) is 3.17. The lowest BCUT2D eigenvalue weighted by Crippen LogP contribution is -2.40. The van der Waals surface area contributed by atoms with Crippen LogP contribution in [0.3, 0.4) is 0 Å². The molecule has 0 saturated carbocycles. The fourth-order valence-corrected chi connectivity index (χ4v) is 2.07. The van der Waals surface area contributed by atoms with Gasteiger partial charge in [0.15, 0.2) is 0 Å². The van der Waals surface area contributed by atoms with E-state index in [-0.39, 0.29) is 25.8 Å². The Hall–Kier alpha value is -1.88. The normalized spacial score (nSPS) is 14.0. The van der Waals surface area contributed by atoms with Gasteiger partial charge in [-0.1, -0.05) is 30.3 Å². The Morgan fingerprint density at radius 2 is 1.65 bits per heavy atom. The number of esters is 2. The SMILES string of the molecule is CCOC(=O)C(C)(COCC(=O)OC(C)(C)C)c1ccccc1. The van der Waals surface area contributed by atoms with Crippen LogP contribution >= 0.6 is 0 Å². The van der Waals surface area contributed by atoms with Gasteiger partial charge >= 0.3 is 11.9 Å². The van der Waals surface area contributed by atoms with Crippen LogP contribution < -0.4 is 0 Å². The molecule has 0 heterocycles. The molecular weight excluding hydrogens is 296 g/mol. The van der Waals surface area contributed by atoms with Gasteiger partial charge in [0.05, 0.1) is 13.2 Å². The predicted molar refractivity (Wildman–Crippen MR) is 87.1 cm³/mol. The predicted octanol–water partition coefficient (Wildman–Crippen LogP) is 2.87. The van der Waals surface area contributed by atoms with E-state index in [0.717, 1.165) is 5.56 Å². The highest BCUT2D eigenvalue weighted by molar-refractivity contribution is 5.83. The van der Waals surface area contributed by atoms with Crippen LogP contribution in [-0.2, 0) is 29.2 Å². The largest absolute Gasteiger partial charge is 0.465 e. The maximum atomic E-state index is 12.4. The molecule has 0 aromatic heterocycles. The highest BCUT2D eigenvalue weighted by atomic mass is 16.6. The van der Waals surface area contributed by atoms with Crippen LogP contribution in [0.2, 0.25) is 0 Å². The van der Waals surface area contributed by atoms with Crippen LogP contribution in [0, 0.1) is 0 Å². The number of rotatable bonds is 7. The molecular formula is C18H26O5. The Labute approximate surface area is 137 Å². The summed E-state index contributed by atoms with van der Waals surface area (Å²) in [5.41, 5.74) is -0.758. The molecule has 23 heavy (non-hydrogen) atoms. The molecule has 1 aromatic carbocycles. The van der Waals surface area contributed by atoms with Gasteiger partial charge in [0.2, 0.25) is 0 Å². The summed E-state index contributed by atoms with van der Waals surface area (Å²) in [4.78, 5) is 24.1. The number of benzene rings is 1. The van der Waals surface area contributed by atoms with Gasteiger partial charge in [-0.3, -0.25) is 4.79 Å². The molecule has 0 aliphatic carbocycles. The Bertz CT molecular complexity index is 518. The molecule has 1 atom stereocenters. The minimum absolute atomic E-state index is 0.0368. The molecule has 1 unspecified atom stereocenters.